The number of carbonyl (C=O) groups is 1. The average molecular weight is 530 g/mol. The Morgan fingerprint density at radius 1 is 1.18 bits per heavy atom. The Labute approximate surface area is 220 Å². The molecule has 0 aliphatic carbocycles. The summed E-state index contributed by atoms with van der Waals surface area (Å²) in [6.45, 7) is 10.1. The number of aryl methyl sites for hydroxylation is 1. The van der Waals surface area contributed by atoms with Gasteiger partial charge in [0.05, 0.1) is 37.3 Å². The topological polar surface area (TPSA) is 106 Å². The minimum absolute atomic E-state index is 0.173. The van der Waals surface area contributed by atoms with Crippen LogP contribution in [0.25, 0.3) is 0 Å². The molecule has 1 aliphatic rings. The van der Waals surface area contributed by atoms with Crippen molar-refractivity contribution in [3.63, 3.8) is 0 Å². The number of hydrogen-bond donors (Lipinski definition) is 2. The summed E-state index contributed by atoms with van der Waals surface area (Å²) in [5, 5.41) is 10.4. The molecule has 2 N–H and O–H groups in total. The zero-order chi connectivity index (χ0) is 27.8. The molecule has 204 valence electrons. The number of ether oxygens (including phenoxy) is 2. The third-order valence-corrected chi connectivity index (χ3v) is 6.07. The van der Waals surface area contributed by atoms with Crippen LogP contribution in [0.3, 0.4) is 0 Å². The number of likely N-dealkylation sites (N-methyl/N-ethyl adjacent to an activating group) is 1. The minimum Gasteiger partial charge on any atom is -0.491 e. The number of benzene rings is 1. The second-order valence-electron chi connectivity index (χ2n) is 10.3. The number of amides is 1. The Morgan fingerprint density at radius 2 is 1.87 bits per heavy atom. The van der Waals surface area contributed by atoms with Crippen LogP contribution in [0.15, 0.2) is 24.5 Å². The summed E-state index contributed by atoms with van der Waals surface area (Å²) in [5.41, 5.74) is 2.02. The summed E-state index contributed by atoms with van der Waals surface area (Å²) < 4.78 is 40.4. The Kier molecular flexibility index (Phi) is 7.54. The van der Waals surface area contributed by atoms with Gasteiger partial charge in [0.15, 0.2) is 23.2 Å². The molecule has 3 aromatic rings. The maximum atomic E-state index is 14.0. The lowest BCUT2D eigenvalue weighted by Crippen LogP contribution is -2.54. The van der Waals surface area contributed by atoms with E-state index < -0.39 is 29.0 Å². The fourth-order valence-corrected chi connectivity index (χ4v) is 4.54. The lowest BCUT2D eigenvalue weighted by atomic mass is 10.1. The van der Waals surface area contributed by atoms with E-state index in [9.17, 15) is 13.6 Å². The molecule has 12 heteroatoms. The van der Waals surface area contributed by atoms with Crippen LogP contribution >= 0.6 is 0 Å². The molecule has 0 bridgehead atoms. The highest BCUT2D eigenvalue weighted by Crippen LogP contribution is 2.34. The molecule has 2 aromatic heterocycles. The summed E-state index contributed by atoms with van der Waals surface area (Å²) in [6.07, 6.45) is 3.05. The van der Waals surface area contributed by atoms with Crippen LogP contribution in [0.1, 0.15) is 44.5 Å². The predicted octanol–water partition coefficient (Wildman–Crippen LogP) is 3.89. The number of nitrogens with one attached hydrogen (secondary N) is 2. The van der Waals surface area contributed by atoms with E-state index in [1.807, 2.05) is 39.6 Å². The van der Waals surface area contributed by atoms with E-state index in [1.54, 1.807) is 24.0 Å². The second-order valence-corrected chi connectivity index (χ2v) is 10.3. The van der Waals surface area contributed by atoms with Gasteiger partial charge < -0.3 is 25.0 Å². The monoisotopic (exact) mass is 529 g/mol. The highest BCUT2D eigenvalue weighted by atomic mass is 19.1. The smallest absolute Gasteiger partial charge is 0.249 e. The molecule has 0 spiro atoms. The molecule has 0 fully saturated rings. The van der Waals surface area contributed by atoms with Gasteiger partial charge in [-0.2, -0.15) is 10.1 Å². The Morgan fingerprint density at radius 3 is 2.50 bits per heavy atom. The molecule has 38 heavy (non-hydrogen) atoms. The number of hydrogen-bond acceptors (Lipinski definition) is 8. The van der Waals surface area contributed by atoms with E-state index in [0.29, 0.717) is 35.3 Å². The Bertz CT molecular complexity index is 1320. The van der Waals surface area contributed by atoms with Crippen LogP contribution < -0.4 is 20.3 Å². The first-order valence-corrected chi connectivity index (χ1v) is 12.2. The van der Waals surface area contributed by atoms with Crippen LogP contribution in [-0.4, -0.2) is 57.6 Å². The van der Waals surface area contributed by atoms with Crippen molar-refractivity contribution in [3.8, 4) is 5.75 Å². The van der Waals surface area contributed by atoms with E-state index >= 15 is 0 Å². The number of methoxy groups -OCH3 is 1. The van der Waals surface area contributed by atoms with Crippen LogP contribution in [-0.2, 0) is 22.6 Å². The van der Waals surface area contributed by atoms with E-state index in [4.69, 9.17) is 9.47 Å². The molecule has 2 atom stereocenters. The summed E-state index contributed by atoms with van der Waals surface area (Å²) >= 11 is 0. The van der Waals surface area contributed by atoms with Gasteiger partial charge in [0, 0.05) is 25.4 Å². The molecule has 0 saturated heterocycles. The van der Waals surface area contributed by atoms with Gasteiger partial charge in [0.2, 0.25) is 11.9 Å². The maximum absolute atomic E-state index is 14.0. The highest BCUT2D eigenvalue weighted by Gasteiger charge is 2.39. The van der Waals surface area contributed by atoms with Crippen molar-refractivity contribution in [2.24, 2.45) is 0 Å². The van der Waals surface area contributed by atoms with Crippen molar-refractivity contribution in [1.82, 2.24) is 19.7 Å². The number of fused-ring (bicyclic) bond motifs is 1. The molecular formula is C26H33F2N7O3. The molecule has 0 saturated carbocycles. The summed E-state index contributed by atoms with van der Waals surface area (Å²) in [5.74, 6) is -1.13. The van der Waals surface area contributed by atoms with Gasteiger partial charge >= 0.3 is 0 Å². The number of carbonyl (C=O) groups excluding carboxylic acids is 1. The first-order valence-electron chi connectivity index (χ1n) is 12.2. The molecule has 1 aromatic carbocycles. The quantitative estimate of drug-likeness (QED) is 0.453. The lowest BCUT2D eigenvalue weighted by Gasteiger charge is -2.39. The second kappa shape index (κ2) is 10.5. The molecule has 1 amide bonds. The third-order valence-electron chi connectivity index (χ3n) is 6.07. The Hall–Kier alpha value is -3.80. The molecule has 0 radical (unpaired) electrons. The zero-order valence-electron chi connectivity index (χ0n) is 22.6. The van der Waals surface area contributed by atoms with Gasteiger partial charge in [-0.25, -0.2) is 13.8 Å². The molecular weight excluding hydrogens is 496 g/mol. The molecule has 4 rings (SSSR count). The van der Waals surface area contributed by atoms with Crippen LogP contribution in [0, 0.1) is 18.6 Å². The normalized spacial score (nSPS) is 16.2. The number of rotatable bonds is 8. The van der Waals surface area contributed by atoms with Crippen molar-refractivity contribution < 1.29 is 23.0 Å². The van der Waals surface area contributed by atoms with Crippen molar-refractivity contribution >= 4 is 23.4 Å². The van der Waals surface area contributed by atoms with Crippen molar-refractivity contribution in [2.45, 2.75) is 65.5 Å². The van der Waals surface area contributed by atoms with Crippen molar-refractivity contribution in [2.75, 3.05) is 29.7 Å². The molecule has 10 nitrogen and oxygen atoms in total. The fraction of sp³-hybridized carbons (Fsp3) is 0.462. The van der Waals surface area contributed by atoms with E-state index in [1.165, 1.54) is 19.2 Å². The van der Waals surface area contributed by atoms with Gasteiger partial charge in [-0.3, -0.25) is 9.48 Å². The number of anilines is 3. The van der Waals surface area contributed by atoms with E-state index in [-0.39, 0.29) is 18.6 Å². The van der Waals surface area contributed by atoms with Gasteiger partial charge in [0.1, 0.15) is 11.7 Å². The van der Waals surface area contributed by atoms with Crippen molar-refractivity contribution in [3.05, 3.63) is 53.0 Å². The summed E-state index contributed by atoms with van der Waals surface area (Å²) in [6, 6.07) is 1.89. The van der Waals surface area contributed by atoms with E-state index in [0.717, 1.165) is 5.56 Å². The highest BCUT2D eigenvalue weighted by molar-refractivity contribution is 6.03. The number of nitrogens with zero attached hydrogens (tertiary/aromatic N) is 5. The number of halogens is 2. The van der Waals surface area contributed by atoms with Crippen LogP contribution in [0.5, 0.6) is 5.75 Å². The van der Waals surface area contributed by atoms with Gasteiger partial charge in [-0.15, -0.1) is 0 Å². The van der Waals surface area contributed by atoms with Crippen LogP contribution in [0.2, 0.25) is 0 Å². The number of aromatic nitrogens is 4. The molecule has 0 unspecified atom stereocenters. The lowest BCUT2D eigenvalue weighted by molar-refractivity contribution is -0.124. The third kappa shape index (κ3) is 5.85. The maximum Gasteiger partial charge on any atom is 0.249 e. The first kappa shape index (κ1) is 27.2. The van der Waals surface area contributed by atoms with Gasteiger partial charge in [-0.1, -0.05) is 0 Å². The standard InChI is InChI=1S/C26H33F2N7O3/c1-14-20-23(34(6)21(24(36)32-20)15(2)38-26(3,4)5)33-25(31-14)29-10-17-11-30-35(13-17)12-16-8-18(27)22(37-7)19(28)9-16/h8-9,11,13,15,21H,10,12H2,1-7H3,(H,32,36)(H,29,31,33)/t15-,21+/m1/s1. The minimum atomic E-state index is -0.765. The SMILES string of the molecule is COc1c(F)cc(Cn2cc(CNc3nc(C)c4c(n3)N(C)[C@@H]([C@@H](C)OC(C)(C)C)C(=O)N4)cn2)cc1F. The van der Waals surface area contributed by atoms with Gasteiger partial charge in [0.25, 0.3) is 0 Å². The first-order chi connectivity index (χ1) is 17.9. The zero-order valence-corrected chi connectivity index (χ0v) is 22.6. The Balaban J connectivity index is 1.46. The summed E-state index contributed by atoms with van der Waals surface area (Å²) in [7, 11) is 3.03. The largest absolute Gasteiger partial charge is 0.491 e. The summed E-state index contributed by atoms with van der Waals surface area (Å²) in [4.78, 5) is 23.8. The van der Waals surface area contributed by atoms with E-state index in [2.05, 4.69) is 25.7 Å². The fourth-order valence-electron chi connectivity index (χ4n) is 4.54. The average Bonchev–Trinajstić information content (AvgIpc) is 3.24. The predicted molar refractivity (Wildman–Crippen MR) is 139 cm³/mol. The molecule has 3 heterocycles. The van der Waals surface area contributed by atoms with Crippen LogP contribution in [0.4, 0.5) is 26.2 Å². The van der Waals surface area contributed by atoms with Crippen molar-refractivity contribution in [1.29, 1.82) is 0 Å². The molecule has 1 aliphatic heterocycles. The van der Waals surface area contributed by atoms with Gasteiger partial charge in [-0.05, 0) is 52.3 Å².